The fourth-order valence-corrected chi connectivity index (χ4v) is 1.71. The van der Waals surface area contributed by atoms with Crippen molar-refractivity contribution in [3.05, 3.63) is 16.4 Å². The van der Waals surface area contributed by atoms with E-state index < -0.39 is 0 Å². The van der Waals surface area contributed by atoms with E-state index in [1.165, 1.54) is 0 Å². The molecule has 0 amide bonds. The highest BCUT2D eigenvalue weighted by molar-refractivity contribution is 6.31. The number of halogens is 1. The van der Waals surface area contributed by atoms with Crippen LogP contribution in [-0.2, 0) is 13.5 Å². The molecule has 0 aliphatic carbocycles. The van der Waals surface area contributed by atoms with Gasteiger partial charge in [-0.25, -0.2) is 0 Å². The number of aromatic nitrogens is 2. The van der Waals surface area contributed by atoms with Gasteiger partial charge in [-0.3, -0.25) is 4.68 Å². The first-order chi connectivity index (χ1) is 6.93. The van der Waals surface area contributed by atoms with E-state index >= 15 is 0 Å². The first kappa shape index (κ1) is 12.1. The largest absolute Gasteiger partial charge is 0.271 e. The molecule has 0 saturated heterocycles. The zero-order chi connectivity index (χ0) is 11.6. The summed E-state index contributed by atoms with van der Waals surface area (Å²) in [6.45, 7) is 5.84. The lowest BCUT2D eigenvalue weighted by Gasteiger charge is -2.19. The van der Waals surface area contributed by atoms with Gasteiger partial charge in [-0.1, -0.05) is 18.5 Å². The molecule has 1 aromatic heterocycles. The maximum atomic E-state index is 9.11. The third-order valence-corrected chi connectivity index (χ3v) is 3.36. The number of nitriles is 1. The first-order valence-corrected chi connectivity index (χ1v) is 5.40. The summed E-state index contributed by atoms with van der Waals surface area (Å²) in [5.74, 6) is 0. The highest BCUT2D eigenvalue weighted by Crippen LogP contribution is 2.30. The highest BCUT2D eigenvalue weighted by Gasteiger charge is 2.25. The van der Waals surface area contributed by atoms with Gasteiger partial charge in [-0.15, -0.1) is 0 Å². The number of nitrogens with zero attached hydrogens (tertiary/aromatic N) is 3. The van der Waals surface area contributed by atoms with Crippen LogP contribution < -0.4 is 0 Å². The Hall–Kier alpha value is -1.01. The second-order valence-corrected chi connectivity index (χ2v) is 4.55. The van der Waals surface area contributed by atoms with Gasteiger partial charge in [0, 0.05) is 13.5 Å². The van der Waals surface area contributed by atoms with Gasteiger partial charge in [0.1, 0.15) is 0 Å². The molecule has 82 valence electrons. The average Bonchev–Trinajstić information content (AvgIpc) is 2.45. The van der Waals surface area contributed by atoms with Gasteiger partial charge in [0.05, 0.1) is 27.9 Å². The molecule has 1 unspecified atom stereocenters. The molecule has 0 fully saturated rings. The van der Waals surface area contributed by atoms with Crippen molar-refractivity contribution in [1.29, 1.82) is 5.26 Å². The van der Waals surface area contributed by atoms with Crippen molar-refractivity contribution in [3.8, 4) is 6.07 Å². The summed E-state index contributed by atoms with van der Waals surface area (Å²) >= 11 is 6.14. The smallest absolute Gasteiger partial charge is 0.0847 e. The van der Waals surface area contributed by atoms with E-state index in [9.17, 15) is 0 Å². The molecule has 0 N–H and O–H groups in total. The third kappa shape index (κ3) is 2.32. The molecule has 1 heterocycles. The van der Waals surface area contributed by atoms with E-state index in [4.69, 9.17) is 16.9 Å². The summed E-state index contributed by atoms with van der Waals surface area (Å²) in [6, 6.07) is 2.34. The van der Waals surface area contributed by atoms with Crippen LogP contribution in [0.2, 0.25) is 5.02 Å². The minimum Gasteiger partial charge on any atom is -0.271 e. The molecule has 1 aromatic rings. The van der Waals surface area contributed by atoms with Gasteiger partial charge < -0.3 is 0 Å². The Morgan fingerprint density at radius 2 is 2.20 bits per heavy atom. The number of hydrogen-bond donors (Lipinski definition) is 0. The van der Waals surface area contributed by atoms with Crippen molar-refractivity contribution in [2.45, 2.75) is 33.6 Å². The second-order valence-electron chi connectivity index (χ2n) is 4.17. The quantitative estimate of drug-likeness (QED) is 0.794. The standard InChI is InChI=1S/C11H16ClN3/c1-5-11(3,7-13)6-9-10(12)8(2)14-15(9)4/h5-6H2,1-4H3. The topological polar surface area (TPSA) is 41.6 Å². The molecule has 0 aromatic carbocycles. The average molecular weight is 226 g/mol. The van der Waals surface area contributed by atoms with Gasteiger partial charge in [-0.05, 0) is 20.3 Å². The molecule has 0 radical (unpaired) electrons. The van der Waals surface area contributed by atoms with Gasteiger partial charge in [0.25, 0.3) is 0 Å². The summed E-state index contributed by atoms with van der Waals surface area (Å²) in [4.78, 5) is 0. The van der Waals surface area contributed by atoms with E-state index in [0.29, 0.717) is 11.4 Å². The number of rotatable bonds is 3. The molecule has 15 heavy (non-hydrogen) atoms. The molecule has 0 spiro atoms. The van der Waals surface area contributed by atoms with Crippen LogP contribution in [0.1, 0.15) is 31.7 Å². The molecular formula is C11H16ClN3. The van der Waals surface area contributed by atoms with Crippen LogP contribution >= 0.6 is 11.6 Å². The van der Waals surface area contributed by atoms with Crippen molar-refractivity contribution < 1.29 is 0 Å². The Labute approximate surface area is 95.7 Å². The molecule has 0 saturated carbocycles. The Morgan fingerprint density at radius 3 is 2.53 bits per heavy atom. The molecule has 1 rings (SSSR count). The van der Waals surface area contributed by atoms with E-state index in [2.05, 4.69) is 11.2 Å². The predicted molar refractivity (Wildman–Crippen MR) is 60.7 cm³/mol. The second kappa shape index (κ2) is 4.24. The molecule has 0 aliphatic heterocycles. The Morgan fingerprint density at radius 1 is 1.60 bits per heavy atom. The van der Waals surface area contributed by atoms with Crippen LogP contribution in [0.4, 0.5) is 0 Å². The van der Waals surface area contributed by atoms with Gasteiger partial charge in [0.2, 0.25) is 0 Å². The molecule has 0 bridgehead atoms. The fourth-order valence-electron chi connectivity index (χ4n) is 1.49. The highest BCUT2D eigenvalue weighted by atomic mass is 35.5. The summed E-state index contributed by atoms with van der Waals surface area (Å²) in [5, 5.41) is 14.0. The Balaban J connectivity index is 3.05. The van der Waals surface area contributed by atoms with Crippen LogP contribution in [0, 0.1) is 23.7 Å². The predicted octanol–water partition coefficient (Wildman–Crippen LogP) is 2.86. The summed E-state index contributed by atoms with van der Waals surface area (Å²) in [6.07, 6.45) is 1.46. The zero-order valence-electron chi connectivity index (χ0n) is 9.63. The van der Waals surface area contributed by atoms with Crippen molar-refractivity contribution >= 4 is 11.6 Å². The molecule has 0 aliphatic rings. The normalized spacial score (nSPS) is 14.7. The van der Waals surface area contributed by atoms with Crippen LogP contribution in [0.25, 0.3) is 0 Å². The van der Waals surface area contributed by atoms with Crippen LogP contribution in [0.5, 0.6) is 0 Å². The Bertz CT molecular complexity index is 403. The molecule has 1 atom stereocenters. The number of aryl methyl sites for hydroxylation is 2. The van der Waals surface area contributed by atoms with E-state index in [1.807, 2.05) is 27.8 Å². The lowest BCUT2D eigenvalue weighted by Crippen LogP contribution is -2.18. The van der Waals surface area contributed by atoms with Crippen LogP contribution in [0.15, 0.2) is 0 Å². The van der Waals surface area contributed by atoms with E-state index in [-0.39, 0.29) is 5.41 Å². The zero-order valence-corrected chi connectivity index (χ0v) is 10.4. The van der Waals surface area contributed by atoms with E-state index in [0.717, 1.165) is 17.8 Å². The summed E-state index contributed by atoms with van der Waals surface area (Å²) < 4.78 is 1.77. The van der Waals surface area contributed by atoms with Crippen molar-refractivity contribution in [2.75, 3.05) is 0 Å². The lowest BCUT2D eigenvalue weighted by atomic mass is 9.84. The van der Waals surface area contributed by atoms with E-state index in [1.54, 1.807) is 4.68 Å². The summed E-state index contributed by atoms with van der Waals surface area (Å²) in [7, 11) is 1.86. The summed E-state index contributed by atoms with van der Waals surface area (Å²) in [5.41, 5.74) is 1.41. The SMILES string of the molecule is CCC(C)(C#N)Cc1c(Cl)c(C)nn1C. The number of hydrogen-bond acceptors (Lipinski definition) is 2. The van der Waals surface area contributed by atoms with Crippen LogP contribution in [-0.4, -0.2) is 9.78 Å². The maximum Gasteiger partial charge on any atom is 0.0847 e. The fraction of sp³-hybridized carbons (Fsp3) is 0.636. The first-order valence-electron chi connectivity index (χ1n) is 5.02. The van der Waals surface area contributed by atoms with Crippen molar-refractivity contribution in [1.82, 2.24) is 9.78 Å². The molecule has 4 heteroatoms. The van der Waals surface area contributed by atoms with Crippen molar-refractivity contribution in [2.24, 2.45) is 12.5 Å². The van der Waals surface area contributed by atoms with Crippen LogP contribution in [0.3, 0.4) is 0 Å². The third-order valence-electron chi connectivity index (χ3n) is 2.87. The lowest BCUT2D eigenvalue weighted by molar-refractivity contribution is 0.409. The monoisotopic (exact) mass is 225 g/mol. The Kier molecular flexibility index (Phi) is 3.41. The molecule has 3 nitrogen and oxygen atoms in total. The molecular weight excluding hydrogens is 210 g/mol. The maximum absolute atomic E-state index is 9.11. The minimum absolute atomic E-state index is 0.357. The van der Waals surface area contributed by atoms with Gasteiger partial charge in [-0.2, -0.15) is 10.4 Å². The van der Waals surface area contributed by atoms with Gasteiger partial charge >= 0.3 is 0 Å². The minimum atomic E-state index is -0.357. The van der Waals surface area contributed by atoms with Crippen molar-refractivity contribution in [3.63, 3.8) is 0 Å². The van der Waals surface area contributed by atoms with Gasteiger partial charge in [0.15, 0.2) is 0 Å².